The van der Waals surface area contributed by atoms with E-state index in [0.29, 0.717) is 26.4 Å². The molecule has 1 aliphatic rings. The van der Waals surface area contributed by atoms with Crippen LogP contribution in [0.2, 0.25) is 0 Å². The third-order valence-electron chi connectivity index (χ3n) is 3.88. The summed E-state index contributed by atoms with van der Waals surface area (Å²) in [6.07, 6.45) is 1.48. The van der Waals surface area contributed by atoms with E-state index in [1.165, 1.54) is 34.7 Å². The minimum atomic E-state index is -0.525. The Labute approximate surface area is 153 Å². The van der Waals surface area contributed by atoms with E-state index in [4.69, 9.17) is 0 Å². The van der Waals surface area contributed by atoms with E-state index in [9.17, 15) is 14.0 Å². The van der Waals surface area contributed by atoms with Gasteiger partial charge < -0.3 is 5.32 Å². The summed E-state index contributed by atoms with van der Waals surface area (Å²) in [5, 5.41) is 9.99. The maximum Gasteiger partial charge on any atom is 0.265 e. The largest absolute Gasteiger partial charge is 0.324 e. The van der Waals surface area contributed by atoms with Crippen molar-refractivity contribution >= 4 is 50.3 Å². The number of thioether (sulfide) groups is 1. The number of fused-ring (bicyclic) bond motifs is 2. The number of amides is 1. The monoisotopic (exact) mass is 423 g/mol. The lowest BCUT2D eigenvalue weighted by Crippen LogP contribution is -2.27. The van der Waals surface area contributed by atoms with Gasteiger partial charge in [0.2, 0.25) is 5.91 Å². The standard InChI is InChI=1S/C15H11BrFN5O2S/c16-7-1-2-11(10(17)3-7)19-12(23)4-8-6-25-15-20-13-9(5-18-21-13)14(24)22(8)15/h1-3,5,8H,4,6H2,(H,18,21)(H,19,23). The van der Waals surface area contributed by atoms with Crippen LogP contribution in [-0.2, 0) is 4.79 Å². The van der Waals surface area contributed by atoms with E-state index in [2.05, 4.69) is 36.4 Å². The Morgan fingerprint density at radius 2 is 2.36 bits per heavy atom. The lowest BCUT2D eigenvalue weighted by Gasteiger charge is -2.13. The highest BCUT2D eigenvalue weighted by atomic mass is 79.9. The van der Waals surface area contributed by atoms with Gasteiger partial charge >= 0.3 is 0 Å². The molecule has 3 aromatic rings. The summed E-state index contributed by atoms with van der Waals surface area (Å²) in [7, 11) is 0. The summed E-state index contributed by atoms with van der Waals surface area (Å²) in [5.74, 6) is -0.333. The molecule has 4 rings (SSSR count). The molecule has 0 bridgehead atoms. The molecule has 1 aliphatic heterocycles. The van der Waals surface area contributed by atoms with Crippen molar-refractivity contribution < 1.29 is 9.18 Å². The van der Waals surface area contributed by atoms with Crippen LogP contribution in [0.5, 0.6) is 0 Å². The van der Waals surface area contributed by atoms with Gasteiger partial charge in [0.25, 0.3) is 5.56 Å². The normalized spacial score (nSPS) is 16.2. The van der Waals surface area contributed by atoms with Crippen LogP contribution in [0, 0.1) is 5.82 Å². The molecule has 2 aromatic heterocycles. The molecule has 1 aromatic carbocycles. The molecule has 128 valence electrons. The van der Waals surface area contributed by atoms with E-state index in [1.807, 2.05) is 0 Å². The Hall–Kier alpha value is -2.20. The smallest absolute Gasteiger partial charge is 0.265 e. The third-order valence-corrected chi connectivity index (χ3v) is 5.47. The number of anilines is 1. The predicted molar refractivity (Wildman–Crippen MR) is 95.3 cm³/mol. The molecule has 1 unspecified atom stereocenters. The maximum absolute atomic E-state index is 13.8. The van der Waals surface area contributed by atoms with Crippen molar-refractivity contribution in [1.82, 2.24) is 19.7 Å². The Morgan fingerprint density at radius 3 is 3.16 bits per heavy atom. The number of carbonyl (C=O) groups excluding carboxylic acids is 1. The van der Waals surface area contributed by atoms with Gasteiger partial charge in [-0.25, -0.2) is 9.37 Å². The van der Waals surface area contributed by atoms with Crippen molar-refractivity contribution in [2.75, 3.05) is 11.1 Å². The van der Waals surface area contributed by atoms with Gasteiger partial charge in [0.1, 0.15) is 11.2 Å². The van der Waals surface area contributed by atoms with Gasteiger partial charge in [-0.1, -0.05) is 27.7 Å². The average molecular weight is 424 g/mol. The van der Waals surface area contributed by atoms with Crippen LogP contribution >= 0.6 is 27.7 Å². The lowest BCUT2D eigenvalue weighted by atomic mass is 10.2. The van der Waals surface area contributed by atoms with Gasteiger partial charge in [-0.2, -0.15) is 5.10 Å². The molecular formula is C15H11BrFN5O2S. The first kappa shape index (κ1) is 16.3. The number of H-pyrrole nitrogens is 1. The zero-order valence-corrected chi connectivity index (χ0v) is 15.0. The fourth-order valence-electron chi connectivity index (χ4n) is 2.71. The zero-order valence-electron chi connectivity index (χ0n) is 12.6. The lowest BCUT2D eigenvalue weighted by molar-refractivity contribution is -0.116. The van der Waals surface area contributed by atoms with Crippen LogP contribution in [0.15, 0.2) is 38.8 Å². The summed E-state index contributed by atoms with van der Waals surface area (Å²) < 4.78 is 15.9. The second-order valence-corrected chi connectivity index (χ2v) is 7.45. The molecule has 3 heterocycles. The Balaban J connectivity index is 1.57. The summed E-state index contributed by atoms with van der Waals surface area (Å²) in [5.41, 5.74) is 0.312. The molecule has 0 aliphatic carbocycles. The molecule has 0 saturated carbocycles. The fourth-order valence-corrected chi connectivity index (χ4v) is 4.18. The number of nitrogens with one attached hydrogen (secondary N) is 2. The van der Waals surface area contributed by atoms with Crippen LogP contribution in [0.1, 0.15) is 12.5 Å². The average Bonchev–Trinajstić information content (AvgIpc) is 3.18. The molecule has 2 N–H and O–H groups in total. The van der Waals surface area contributed by atoms with Crippen molar-refractivity contribution in [3.8, 4) is 0 Å². The summed E-state index contributed by atoms with van der Waals surface area (Å²) in [4.78, 5) is 29.2. The molecular weight excluding hydrogens is 413 g/mol. The number of rotatable bonds is 3. The molecule has 1 atom stereocenters. The minimum absolute atomic E-state index is 0.0560. The van der Waals surface area contributed by atoms with Gasteiger partial charge in [0.05, 0.1) is 17.9 Å². The fraction of sp³-hybridized carbons (Fsp3) is 0.200. The van der Waals surface area contributed by atoms with Crippen LogP contribution < -0.4 is 10.9 Å². The van der Waals surface area contributed by atoms with Crippen LogP contribution in [-0.4, -0.2) is 31.4 Å². The van der Waals surface area contributed by atoms with Gasteiger partial charge in [0.15, 0.2) is 10.8 Å². The predicted octanol–water partition coefficient (Wildman–Crippen LogP) is 2.70. The number of hydrogen-bond donors (Lipinski definition) is 2. The first-order chi connectivity index (χ1) is 12.0. The molecule has 25 heavy (non-hydrogen) atoms. The van der Waals surface area contributed by atoms with E-state index in [-0.39, 0.29) is 29.6 Å². The quantitative estimate of drug-likeness (QED) is 0.631. The van der Waals surface area contributed by atoms with Gasteiger partial charge in [-0.15, -0.1) is 0 Å². The number of carbonyl (C=O) groups is 1. The zero-order chi connectivity index (χ0) is 17.6. The number of aromatic amines is 1. The number of hydrogen-bond acceptors (Lipinski definition) is 5. The van der Waals surface area contributed by atoms with Crippen LogP contribution in [0.25, 0.3) is 11.0 Å². The Bertz CT molecular complexity index is 1050. The van der Waals surface area contributed by atoms with Crippen LogP contribution in [0.4, 0.5) is 10.1 Å². The molecule has 0 radical (unpaired) electrons. The van der Waals surface area contributed by atoms with E-state index in [0.717, 1.165) is 0 Å². The molecule has 0 spiro atoms. The highest BCUT2D eigenvalue weighted by Gasteiger charge is 2.29. The van der Waals surface area contributed by atoms with Crippen molar-refractivity contribution in [2.24, 2.45) is 0 Å². The number of halogens is 2. The summed E-state index contributed by atoms with van der Waals surface area (Å²) in [6.45, 7) is 0. The van der Waals surface area contributed by atoms with Gasteiger partial charge in [0, 0.05) is 16.6 Å². The SMILES string of the molecule is O=C(CC1CSc2nc3[nH]ncc3c(=O)n21)Nc1ccc(Br)cc1F. The van der Waals surface area contributed by atoms with Gasteiger partial charge in [-0.05, 0) is 18.2 Å². The third kappa shape index (κ3) is 2.95. The van der Waals surface area contributed by atoms with Crippen LogP contribution in [0.3, 0.4) is 0 Å². The Morgan fingerprint density at radius 1 is 1.52 bits per heavy atom. The number of benzene rings is 1. The second-order valence-electron chi connectivity index (χ2n) is 5.54. The topological polar surface area (TPSA) is 92.7 Å². The van der Waals surface area contributed by atoms with Crippen molar-refractivity contribution in [3.63, 3.8) is 0 Å². The molecule has 1 amide bonds. The Kier molecular flexibility index (Phi) is 4.08. The first-order valence-electron chi connectivity index (χ1n) is 7.36. The summed E-state index contributed by atoms with van der Waals surface area (Å²) in [6, 6.07) is 4.07. The second kappa shape index (κ2) is 6.26. The molecule has 10 heteroatoms. The number of nitrogens with zero attached hydrogens (tertiary/aromatic N) is 3. The van der Waals surface area contributed by atoms with Crippen molar-refractivity contribution in [1.29, 1.82) is 0 Å². The van der Waals surface area contributed by atoms with Gasteiger partial charge in [-0.3, -0.25) is 19.3 Å². The molecule has 0 saturated heterocycles. The van der Waals surface area contributed by atoms with E-state index >= 15 is 0 Å². The highest BCUT2D eigenvalue weighted by molar-refractivity contribution is 9.10. The minimum Gasteiger partial charge on any atom is -0.324 e. The first-order valence-corrected chi connectivity index (χ1v) is 9.14. The van der Waals surface area contributed by atoms with E-state index in [1.54, 1.807) is 6.07 Å². The maximum atomic E-state index is 13.8. The van der Waals surface area contributed by atoms with E-state index < -0.39 is 5.82 Å². The highest BCUT2D eigenvalue weighted by Crippen LogP contribution is 2.33. The number of aromatic nitrogens is 4. The molecule has 7 nitrogen and oxygen atoms in total. The van der Waals surface area contributed by atoms with Crippen molar-refractivity contribution in [2.45, 2.75) is 17.6 Å². The summed E-state index contributed by atoms with van der Waals surface area (Å²) >= 11 is 4.57. The molecule has 0 fully saturated rings. The van der Waals surface area contributed by atoms with Crippen molar-refractivity contribution in [3.05, 3.63) is 45.0 Å².